The van der Waals surface area contributed by atoms with Crippen LogP contribution in [0.2, 0.25) is 0 Å². The Morgan fingerprint density at radius 3 is 2.30 bits per heavy atom. The molecule has 3 nitrogen and oxygen atoms in total. The minimum Gasteiger partial charge on any atom is -0.468 e. The number of ether oxygens (including phenoxy) is 1. The van der Waals surface area contributed by atoms with Crippen LogP contribution in [0.15, 0.2) is 0 Å². The van der Waals surface area contributed by atoms with Gasteiger partial charge < -0.3 is 10.1 Å². The molecule has 0 aromatic rings. The molecule has 20 heavy (non-hydrogen) atoms. The number of hydrogen-bond acceptors (Lipinski definition) is 3. The molecule has 0 aromatic heterocycles. The molecule has 0 heterocycles. The number of esters is 1. The summed E-state index contributed by atoms with van der Waals surface area (Å²) in [5, 5.41) is 3.54. The lowest BCUT2D eigenvalue weighted by Crippen LogP contribution is -2.47. The van der Waals surface area contributed by atoms with E-state index >= 15 is 0 Å². The summed E-state index contributed by atoms with van der Waals surface area (Å²) in [5.74, 6) is 0.936. The molecule has 2 unspecified atom stereocenters. The van der Waals surface area contributed by atoms with Gasteiger partial charge in [0, 0.05) is 6.04 Å². The predicted octanol–water partition coefficient (Wildman–Crippen LogP) is 3.77. The maximum absolute atomic E-state index is 11.9. The van der Waals surface area contributed by atoms with E-state index in [0.717, 1.165) is 5.92 Å². The molecular weight excluding hydrogens is 250 g/mol. The highest BCUT2D eigenvalue weighted by Crippen LogP contribution is 2.36. The quantitative estimate of drug-likeness (QED) is 0.630. The normalized spacial score (nSPS) is 26.1. The SMILES string of the molecule is COC(=O)[C@@H](NC1CCCC(C(C)(C)C)CC1)C(C)C. The zero-order valence-corrected chi connectivity index (χ0v) is 14.2. The first kappa shape index (κ1) is 17.5. The van der Waals surface area contributed by atoms with Crippen molar-refractivity contribution in [2.24, 2.45) is 17.3 Å². The minimum atomic E-state index is -0.170. The highest BCUT2D eigenvalue weighted by Gasteiger charge is 2.30. The molecule has 3 atom stereocenters. The molecule has 0 radical (unpaired) electrons. The van der Waals surface area contributed by atoms with Crippen LogP contribution in [0.25, 0.3) is 0 Å². The molecule has 0 amide bonds. The third kappa shape index (κ3) is 5.08. The van der Waals surface area contributed by atoms with Crippen LogP contribution in [0.3, 0.4) is 0 Å². The van der Waals surface area contributed by atoms with Crippen molar-refractivity contribution < 1.29 is 9.53 Å². The number of rotatable bonds is 4. The fourth-order valence-electron chi connectivity index (χ4n) is 3.25. The van der Waals surface area contributed by atoms with E-state index in [1.807, 2.05) is 0 Å². The number of carbonyl (C=O) groups is 1. The van der Waals surface area contributed by atoms with E-state index in [4.69, 9.17) is 4.74 Å². The molecule has 1 saturated carbocycles. The van der Waals surface area contributed by atoms with Gasteiger partial charge in [-0.05, 0) is 42.9 Å². The van der Waals surface area contributed by atoms with E-state index in [-0.39, 0.29) is 17.9 Å². The van der Waals surface area contributed by atoms with Crippen molar-refractivity contribution >= 4 is 5.97 Å². The molecule has 118 valence electrons. The molecule has 1 rings (SSSR count). The molecule has 1 fully saturated rings. The molecule has 1 aliphatic carbocycles. The second-order valence-corrected chi connectivity index (χ2v) is 7.68. The molecule has 0 aliphatic heterocycles. The highest BCUT2D eigenvalue weighted by molar-refractivity contribution is 5.75. The van der Waals surface area contributed by atoms with Crippen molar-refractivity contribution in [1.82, 2.24) is 5.32 Å². The smallest absolute Gasteiger partial charge is 0.323 e. The number of carbonyl (C=O) groups excluding carboxylic acids is 1. The van der Waals surface area contributed by atoms with E-state index in [2.05, 4.69) is 39.9 Å². The second kappa shape index (κ2) is 7.44. The summed E-state index contributed by atoms with van der Waals surface area (Å²) >= 11 is 0. The largest absolute Gasteiger partial charge is 0.468 e. The second-order valence-electron chi connectivity index (χ2n) is 7.68. The van der Waals surface area contributed by atoms with Gasteiger partial charge in [0.2, 0.25) is 0 Å². The van der Waals surface area contributed by atoms with Crippen LogP contribution in [0.5, 0.6) is 0 Å². The third-order valence-corrected chi connectivity index (χ3v) is 4.73. The summed E-state index contributed by atoms with van der Waals surface area (Å²) in [6.45, 7) is 11.2. The topological polar surface area (TPSA) is 38.3 Å². The van der Waals surface area contributed by atoms with Crippen LogP contribution in [0.4, 0.5) is 0 Å². The monoisotopic (exact) mass is 283 g/mol. The average Bonchev–Trinajstić information content (AvgIpc) is 2.59. The summed E-state index contributed by atoms with van der Waals surface area (Å²) in [4.78, 5) is 11.9. The number of nitrogens with one attached hydrogen (secondary N) is 1. The molecular formula is C17H33NO2. The summed E-state index contributed by atoms with van der Waals surface area (Å²) in [6, 6.07) is 0.282. The van der Waals surface area contributed by atoms with Gasteiger partial charge in [-0.2, -0.15) is 0 Å². The Morgan fingerprint density at radius 1 is 1.15 bits per heavy atom. The van der Waals surface area contributed by atoms with Gasteiger partial charge in [0.1, 0.15) is 6.04 Å². The lowest BCUT2D eigenvalue weighted by atomic mass is 9.76. The van der Waals surface area contributed by atoms with Crippen LogP contribution in [0.1, 0.15) is 66.7 Å². The summed E-state index contributed by atoms with van der Waals surface area (Å²) in [7, 11) is 1.47. The van der Waals surface area contributed by atoms with Gasteiger partial charge >= 0.3 is 5.97 Å². The molecule has 0 bridgehead atoms. The van der Waals surface area contributed by atoms with Crippen LogP contribution >= 0.6 is 0 Å². The standard InChI is InChI=1S/C17H33NO2/c1-12(2)15(16(19)20-6)18-14-9-7-8-13(10-11-14)17(3,4)5/h12-15,18H,7-11H2,1-6H3/t13?,14?,15-/m0/s1. The minimum absolute atomic E-state index is 0.128. The van der Waals surface area contributed by atoms with Crippen LogP contribution in [0, 0.1) is 17.3 Å². The van der Waals surface area contributed by atoms with Gasteiger partial charge in [-0.1, -0.05) is 41.0 Å². The highest BCUT2D eigenvalue weighted by atomic mass is 16.5. The van der Waals surface area contributed by atoms with Crippen molar-refractivity contribution in [3.05, 3.63) is 0 Å². The predicted molar refractivity (Wildman–Crippen MR) is 83.6 cm³/mol. The van der Waals surface area contributed by atoms with Crippen molar-refractivity contribution in [3.63, 3.8) is 0 Å². The maximum Gasteiger partial charge on any atom is 0.323 e. The first-order valence-electron chi connectivity index (χ1n) is 8.09. The Bertz CT molecular complexity index is 307. The first-order valence-corrected chi connectivity index (χ1v) is 8.09. The van der Waals surface area contributed by atoms with Crippen molar-refractivity contribution in [2.75, 3.05) is 7.11 Å². The van der Waals surface area contributed by atoms with Crippen molar-refractivity contribution in [3.8, 4) is 0 Å². The zero-order valence-electron chi connectivity index (χ0n) is 14.2. The molecule has 3 heteroatoms. The van der Waals surface area contributed by atoms with Gasteiger partial charge in [-0.15, -0.1) is 0 Å². The molecule has 1 aliphatic rings. The van der Waals surface area contributed by atoms with E-state index in [1.54, 1.807) is 0 Å². The lowest BCUT2D eigenvalue weighted by Gasteiger charge is -2.30. The lowest BCUT2D eigenvalue weighted by molar-refractivity contribution is -0.144. The summed E-state index contributed by atoms with van der Waals surface area (Å²) < 4.78 is 4.92. The zero-order chi connectivity index (χ0) is 15.3. The molecule has 0 spiro atoms. The molecule has 0 saturated heterocycles. The Kier molecular flexibility index (Phi) is 6.50. The molecule has 1 N–H and O–H groups in total. The van der Waals surface area contributed by atoms with E-state index < -0.39 is 0 Å². The maximum atomic E-state index is 11.9. The summed E-state index contributed by atoms with van der Waals surface area (Å²) in [5.41, 5.74) is 0.398. The third-order valence-electron chi connectivity index (χ3n) is 4.73. The number of methoxy groups -OCH3 is 1. The van der Waals surface area contributed by atoms with Gasteiger partial charge in [0.25, 0.3) is 0 Å². The Hall–Kier alpha value is -0.570. The van der Waals surface area contributed by atoms with E-state index in [9.17, 15) is 4.79 Å². The van der Waals surface area contributed by atoms with Crippen LogP contribution in [-0.4, -0.2) is 25.2 Å². The van der Waals surface area contributed by atoms with Crippen molar-refractivity contribution in [2.45, 2.75) is 78.8 Å². The van der Waals surface area contributed by atoms with Crippen LogP contribution < -0.4 is 5.32 Å². The first-order chi connectivity index (χ1) is 9.25. The van der Waals surface area contributed by atoms with E-state index in [1.165, 1.54) is 39.2 Å². The van der Waals surface area contributed by atoms with Gasteiger partial charge in [0.15, 0.2) is 0 Å². The van der Waals surface area contributed by atoms with Gasteiger partial charge in [-0.3, -0.25) is 4.79 Å². The van der Waals surface area contributed by atoms with Gasteiger partial charge in [0.05, 0.1) is 7.11 Å². The number of hydrogen-bond donors (Lipinski definition) is 1. The average molecular weight is 283 g/mol. The van der Waals surface area contributed by atoms with E-state index in [0.29, 0.717) is 11.5 Å². The van der Waals surface area contributed by atoms with Crippen LogP contribution in [-0.2, 0) is 9.53 Å². The Balaban J connectivity index is 2.58. The Labute approximate surface area is 124 Å². The molecule has 0 aromatic carbocycles. The fraction of sp³-hybridized carbons (Fsp3) is 0.941. The van der Waals surface area contributed by atoms with Crippen molar-refractivity contribution in [1.29, 1.82) is 0 Å². The Morgan fingerprint density at radius 2 is 1.80 bits per heavy atom. The summed E-state index contributed by atoms with van der Waals surface area (Å²) in [6.07, 6.45) is 6.17. The van der Waals surface area contributed by atoms with Gasteiger partial charge in [-0.25, -0.2) is 0 Å². The fourth-order valence-corrected chi connectivity index (χ4v) is 3.25.